The van der Waals surface area contributed by atoms with Crippen molar-refractivity contribution in [2.24, 2.45) is 0 Å². The lowest BCUT2D eigenvalue weighted by Gasteiger charge is -2.15. The maximum Gasteiger partial charge on any atom is 0.221 e. The zero-order valence-electron chi connectivity index (χ0n) is 16.6. The predicted molar refractivity (Wildman–Crippen MR) is 113 cm³/mol. The van der Waals surface area contributed by atoms with Crippen LogP contribution in [0.5, 0.6) is 5.88 Å². The lowest BCUT2D eigenvalue weighted by molar-refractivity contribution is 0.379. The molecule has 0 radical (unpaired) electrons. The standard InChI is InChI=1S/C24H22N4O/c1-3-6-22-21(24(29-2)28-23(27-22)13-14-26-28)15-17-9-11-18(12-10-17)20-8-5-4-7-19(20)16-25/h4-5,7-14H,3,6,15H2,1-2H3. The van der Waals surface area contributed by atoms with Crippen molar-refractivity contribution in [1.29, 1.82) is 5.26 Å². The molecule has 0 atom stereocenters. The van der Waals surface area contributed by atoms with Gasteiger partial charge in [-0.05, 0) is 29.2 Å². The van der Waals surface area contributed by atoms with Crippen molar-refractivity contribution in [2.45, 2.75) is 26.2 Å². The summed E-state index contributed by atoms with van der Waals surface area (Å²) in [5.41, 5.74) is 6.75. The zero-order chi connectivity index (χ0) is 20.2. The van der Waals surface area contributed by atoms with Crippen molar-refractivity contribution in [2.75, 3.05) is 7.11 Å². The molecule has 2 heterocycles. The van der Waals surface area contributed by atoms with Gasteiger partial charge in [0.05, 0.1) is 30.6 Å². The van der Waals surface area contributed by atoms with Crippen molar-refractivity contribution in [3.8, 4) is 23.1 Å². The van der Waals surface area contributed by atoms with Gasteiger partial charge in [0, 0.05) is 18.1 Å². The number of nitrogens with zero attached hydrogens (tertiary/aromatic N) is 4. The monoisotopic (exact) mass is 382 g/mol. The minimum absolute atomic E-state index is 0.681. The van der Waals surface area contributed by atoms with Gasteiger partial charge in [0.15, 0.2) is 5.65 Å². The topological polar surface area (TPSA) is 63.2 Å². The van der Waals surface area contributed by atoms with Crippen LogP contribution in [0.25, 0.3) is 16.8 Å². The SMILES string of the molecule is CCCc1nc2ccnn2c(OC)c1Cc1ccc(-c2ccccc2C#N)cc1. The first kappa shape index (κ1) is 18.7. The number of nitriles is 1. The summed E-state index contributed by atoms with van der Waals surface area (Å²) in [5, 5.41) is 13.7. The molecule has 2 aromatic heterocycles. The summed E-state index contributed by atoms with van der Waals surface area (Å²) in [6.45, 7) is 2.15. The van der Waals surface area contributed by atoms with Gasteiger partial charge in [0.25, 0.3) is 0 Å². The maximum atomic E-state index is 9.36. The fourth-order valence-electron chi connectivity index (χ4n) is 3.66. The normalized spacial score (nSPS) is 10.8. The Labute approximate surface area is 170 Å². The van der Waals surface area contributed by atoms with Crippen LogP contribution < -0.4 is 4.74 Å². The molecule has 0 amide bonds. The molecule has 4 aromatic rings. The molecule has 0 fully saturated rings. The van der Waals surface area contributed by atoms with Gasteiger partial charge < -0.3 is 4.74 Å². The second kappa shape index (κ2) is 8.15. The summed E-state index contributed by atoms with van der Waals surface area (Å²) in [6, 6.07) is 20.2. The van der Waals surface area contributed by atoms with Gasteiger partial charge in [-0.15, -0.1) is 0 Å². The van der Waals surface area contributed by atoms with Gasteiger partial charge in [-0.2, -0.15) is 14.9 Å². The first-order valence-electron chi connectivity index (χ1n) is 9.73. The zero-order valence-corrected chi connectivity index (χ0v) is 16.6. The van der Waals surface area contributed by atoms with Crippen molar-refractivity contribution in [3.63, 3.8) is 0 Å². The Morgan fingerprint density at radius 3 is 2.59 bits per heavy atom. The van der Waals surface area contributed by atoms with Gasteiger partial charge in [-0.1, -0.05) is 55.8 Å². The second-order valence-electron chi connectivity index (χ2n) is 6.93. The molecule has 0 aliphatic rings. The molecule has 0 spiro atoms. The minimum atomic E-state index is 0.681. The Morgan fingerprint density at radius 2 is 1.86 bits per heavy atom. The van der Waals surface area contributed by atoms with Crippen molar-refractivity contribution in [3.05, 3.63) is 83.2 Å². The number of aryl methyl sites for hydroxylation is 1. The Kier molecular flexibility index (Phi) is 5.26. The van der Waals surface area contributed by atoms with E-state index in [0.29, 0.717) is 12.0 Å². The molecule has 0 bridgehead atoms. The number of hydrogen-bond acceptors (Lipinski definition) is 4. The lowest BCUT2D eigenvalue weighted by Crippen LogP contribution is -2.08. The number of methoxy groups -OCH3 is 1. The number of fused-ring (bicyclic) bond motifs is 1. The third-order valence-corrected chi connectivity index (χ3v) is 5.04. The van der Waals surface area contributed by atoms with Crippen LogP contribution in [0.2, 0.25) is 0 Å². The highest BCUT2D eigenvalue weighted by atomic mass is 16.5. The molecule has 0 unspecified atom stereocenters. The Bertz CT molecular complexity index is 1190. The summed E-state index contributed by atoms with van der Waals surface area (Å²) in [5.74, 6) is 0.738. The Hall–Kier alpha value is -3.65. The highest BCUT2D eigenvalue weighted by molar-refractivity contribution is 5.70. The molecule has 0 N–H and O–H groups in total. The van der Waals surface area contributed by atoms with Crippen molar-refractivity contribution >= 4 is 5.65 Å². The van der Waals surface area contributed by atoms with E-state index in [1.165, 1.54) is 0 Å². The molecule has 0 aliphatic heterocycles. The summed E-state index contributed by atoms with van der Waals surface area (Å²) in [7, 11) is 1.68. The smallest absolute Gasteiger partial charge is 0.221 e. The van der Waals surface area contributed by atoms with E-state index in [1.54, 1.807) is 17.8 Å². The van der Waals surface area contributed by atoms with E-state index >= 15 is 0 Å². The fourth-order valence-corrected chi connectivity index (χ4v) is 3.66. The van der Waals surface area contributed by atoms with Crippen molar-refractivity contribution < 1.29 is 4.74 Å². The van der Waals surface area contributed by atoms with Gasteiger partial charge >= 0.3 is 0 Å². The molecular weight excluding hydrogens is 360 g/mol. The van der Waals surface area contributed by atoms with Crippen LogP contribution in [0.1, 0.15) is 35.7 Å². The summed E-state index contributed by atoms with van der Waals surface area (Å²) in [4.78, 5) is 4.80. The molecule has 29 heavy (non-hydrogen) atoms. The van der Waals surface area contributed by atoms with Gasteiger partial charge in [0.1, 0.15) is 0 Å². The minimum Gasteiger partial charge on any atom is -0.481 e. The maximum absolute atomic E-state index is 9.36. The van der Waals surface area contributed by atoms with Gasteiger partial charge in [0.2, 0.25) is 5.88 Å². The Morgan fingerprint density at radius 1 is 1.07 bits per heavy atom. The molecule has 144 valence electrons. The molecule has 0 saturated heterocycles. The second-order valence-corrected chi connectivity index (χ2v) is 6.93. The quantitative estimate of drug-likeness (QED) is 0.480. The van der Waals surface area contributed by atoms with Crippen molar-refractivity contribution in [1.82, 2.24) is 14.6 Å². The van der Waals surface area contributed by atoms with Crippen LogP contribution >= 0.6 is 0 Å². The van der Waals surface area contributed by atoms with Gasteiger partial charge in [-0.25, -0.2) is 4.98 Å². The molecule has 0 aliphatic carbocycles. The molecule has 5 nitrogen and oxygen atoms in total. The van der Waals surface area contributed by atoms with Crippen LogP contribution in [-0.2, 0) is 12.8 Å². The predicted octanol–water partition coefficient (Wildman–Crippen LogP) is 4.82. The van der Waals surface area contributed by atoms with E-state index in [9.17, 15) is 5.26 Å². The first-order chi connectivity index (χ1) is 14.2. The average molecular weight is 382 g/mol. The third kappa shape index (κ3) is 3.57. The van der Waals surface area contributed by atoms with Crippen LogP contribution in [0, 0.1) is 11.3 Å². The number of rotatable bonds is 6. The van der Waals surface area contributed by atoms with Gasteiger partial charge in [-0.3, -0.25) is 0 Å². The molecule has 2 aromatic carbocycles. The highest BCUT2D eigenvalue weighted by Gasteiger charge is 2.17. The van der Waals surface area contributed by atoms with E-state index in [4.69, 9.17) is 9.72 Å². The molecular formula is C24H22N4O. The van der Waals surface area contributed by atoms with E-state index in [0.717, 1.165) is 52.3 Å². The number of benzene rings is 2. The Balaban J connectivity index is 1.72. The van der Waals surface area contributed by atoms with E-state index in [-0.39, 0.29) is 0 Å². The highest BCUT2D eigenvalue weighted by Crippen LogP contribution is 2.28. The molecule has 4 rings (SSSR count). The van der Waals surface area contributed by atoms with E-state index in [2.05, 4.69) is 42.4 Å². The molecule has 5 heteroatoms. The van der Waals surface area contributed by atoms with Crippen LogP contribution in [0.3, 0.4) is 0 Å². The fraction of sp³-hybridized carbons (Fsp3) is 0.208. The third-order valence-electron chi connectivity index (χ3n) is 5.04. The molecule has 0 saturated carbocycles. The van der Waals surface area contributed by atoms with E-state index in [1.807, 2.05) is 30.3 Å². The number of aromatic nitrogens is 3. The lowest BCUT2D eigenvalue weighted by atomic mass is 9.97. The summed E-state index contributed by atoms with van der Waals surface area (Å²) < 4.78 is 7.48. The summed E-state index contributed by atoms with van der Waals surface area (Å²) >= 11 is 0. The van der Waals surface area contributed by atoms with Crippen LogP contribution in [-0.4, -0.2) is 21.7 Å². The number of hydrogen-bond donors (Lipinski definition) is 0. The largest absolute Gasteiger partial charge is 0.481 e. The van der Waals surface area contributed by atoms with Crippen LogP contribution in [0.15, 0.2) is 60.8 Å². The van der Waals surface area contributed by atoms with E-state index < -0.39 is 0 Å². The summed E-state index contributed by atoms with van der Waals surface area (Å²) in [6.07, 6.45) is 4.35. The number of ether oxygens (including phenoxy) is 1. The van der Waals surface area contributed by atoms with Crippen LogP contribution in [0.4, 0.5) is 0 Å². The first-order valence-corrected chi connectivity index (χ1v) is 9.73. The average Bonchev–Trinajstić information content (AvgIpc) is 3.23.